The Morgan fingerprint density at radius 2 is 1.77 bits per heavy atom. The minimum atomic E-state index is -0.682. The number of carbonyl (C=O) groups is 2. The third-order valence-electron chi connectivity index (χ3n) is 5.60. The molecule has 0 radical (unpaired) electrons. The maximum Gasteiger partial charge on any atom is 0.312 e. The van der Waals surface area contributed by atoms with E-state index in [2.05, 4.69) is 5.10 Å². The van der Waals surface area contributed by atoms with Gasteiger partial charge in [-0.15, -0.1) is 0 Å². The largest absolute Gasteiger partial charge is 0.497 e. The van der Waals surface area contributed by atoms with Crippen molar-refractivity contribution in [2.24, 2.45) is 12.5 Å². The van der Waals surface area contributed by atoms with Gasteiger partial charge < -0.3 is 14.4 Å². The normalized spacial score (nSPS) is 15.5. The molecule has 1 aromatic heterocycles. The summed E-state index contributed by atoms with van der Waals surface area (Å²) in [6, 6.07) is 10.4. The quantitative estimate of drug-likeness (QED) is 0.671. The van der Waals surface area contributed by atoms with Gasteiger partial charge in [-0.1, -0.05) is 12.1 Å². The molecule has 0 atom stereocenters. The molecule has 2 heterocycles. The van der Waals surface area contributed by atoms with E-state index in [4.69, 9.17) is 9.47 Å². The van der Waals surface area contributed by atoms with Gasteiger partial charge in [0.1, 0.15) is 11.4 Å². The van der Waals surface area contributed by atoms with Crippen molar-refractivity contribution in [1.82, 2.24) is 14.7 Å². The summed E-state index contributed by atoms with van der Waals surface area (Å²) < 4.78 is 11.7. The summed E-state index contributed by atoms with van der Waals surface area (Å²) in [5.74, 6) is 0.287. The van der Waals surface area contributed by atoms with Crippen molar-refractivity contribution in [2.45, 2.75) is 26.2 Å². The number of aromatic nitrogens is 2. The molecular formula is C22H27N3O5. The SMILES string of the molecule is CCOC(=O)C1(Cc2ccc(OC)cc2)CCN(C(=O)c2ccc(=O)n(C)n2)CC1. The molecule has 160 valence electrons. The summed E-state index contributed by atoms with van der Waals surface area (Å²) >= 11 is 0. The van der Waals surface area contributed by atoms with E-state index in [1.807, 2.05) is 24.3 Å². The van der Waals surface area contributed by atoms with Crippen molar-refractivity contribution >= 4 is 11.9 Å². The average molecular weight is 413 g/mol. The number of likely N-dealkylation sites (tertiary alicyclic amines) is 1. The molecule has 0 aliphatic carbocycles. The lowest BCUT2D eigenvalue weighted by Gasteiger charge is -2.40. The number of esters is 1. The van der Waals surface area contributed by atoms with Gasteiger partial charge in [-0.3, -0.25) is 14.4 Å². The monoisotopic (exact) mass is 413 g/mol. The van der Waals surface area contributed by atoms with Crippen LogP contribution < -0.4 is 10.3 Å². The highest BCUT2D eigenvalue weighted by molar-refractivity contribution is 5.92. The Labute approximate surface area is 175 Å². The van der Waals surface area contributed by atoms with E-state index in [1.165, 1.54) is 19.2 Å². The number of methoxy groups -OCH3 is 1. The molecule has 1 fully saturated rings. The summed E-state index contributed by atoms with van der Waals surface area (Å²) in [5.41, 5.74) is 0.281. The summed E-state index contributed by atoms with van der Waals surface area (Å²) in [7, 11) is 3.12. The topological polar surface area (TPSA) is 90.7 Å². The molecule has 1 saturated heterocycles. The van der Waals surface area contributed by atoms with Crippen LogP contribution in [0.3, 0.4) is 0 Å². The molecule has 3 rings (SSSR count). The van der Waals surface area contributed by atoms with Crippen LogP contribution in [0.4, 0.5) is 0 Å². The number of hydrogen-bond donors (Lipinski definition) is 0. The summed E-state index contributed by atoms with van der Waals surface area (Å²) in [4.78, 5) is 38.9. The van der Waals surface area contributed by atoms with Crippen LogP contribution in [0.5, 0.6) is 5.75 Å². The predicted molar refractivity (Wildman–Crippen MR) is 110 cm³/mol. The maximum atomic E-state index is 12.9. The third-order valence-corrected chi connectivity index (χ3v) is 5.60. The van der Waals surface area contributed by atoms with Crippen LogP contribution in [0.15, 0.2) is 41.2 Å². The summed E-state index contributed by atoms with van der Waals surface area (Å²) in [6.07, 6.45) is 1.53. The molecule has 1 aliphatic rings. The first-order valence-corrected chi connectivity index (χ1v) is 10.0. The number of nitrogens with zero attached hydrogens (tertiary/aromatic N) is 3. The Hall–Kier alpha value is -3.16. The van der Waals surface area contributed by atoms with Gasteiger partial charge in [0.25, 0.3) is 11.5 Å². The summed E-state index contributed by atoms with van der Waals surface area (Å²) in [5, 5.41) is 4.04. The van der Waals surface area contributed by atoms with E-state index < -0.39 is 5.41 Å². The molecule has 0 spiro atoms. The number of benzene rings is 1. The molecule has 1 amide bonds. The predicted octanol–water partition coefficient (Wildman–Crippen LogP) is 1.82. The van der Waals surface area contributed by atoms with Crippen LogP contribution in [0.1, 0.15) is 35.8 Å². The van der Waals surface area contributed by atoms with Gasteiger partial charge >= 0.3 is 5.97 Å². The van der Waals surface area contributed by atoms with Crippen molar-refractivity contribution in [3.8, 4) is 5.75 Å². The van der Waals surface area contributed by atoms with Crippen LogP contribution in [0.2, 0.25) is 0 Å². The lowest BCUT2D eigenvalue weighted by atomic mass is 9.73. The Morgan fingerprint density at radius 3 is 2.33 bits per heavy atom. The molecule has 0 N–H and O–H groups in total. The standard InChI is InChI=1S/C22H27N3O5/c1-4-30-21(28)22(15-16-5-7-17(29-3)8-6-16)11-13-25(14-12-22)20(27)18-9-10-19(26)24(2)23-18/h5-10H,4,11-15H2,1-3H3. The molecule has 1 aromatic carbocycles. The molecule has 8 heteroatoms. The average Bonchev–Trinajstić information content (AvgIpc) is 2.76. The number of rotatable bonds is 6. The highest BCUT2D eigenvalue weighted by atomic mass is 16.5. The second-order valence-electron chi connectivity index (χ2n) is 7.50. The molecule has 2 aromatic rings. The first kappa shape index (κ1) is 21.5. The number of carbonyl (C=O) groups excluding carboxylic acids is 2. The van der Waals surface area contributed by atoms with Gasteiger partial charge in [-0.2, -0.15) is 5.10 Å². The molecule has 0 saturated carbocycles. The van der Waals surface area contributed by atoms with E-state index in [-0.39, 0.29) is 23.1 Å². The number of piperidine rings is 1. The third kappa shape index (κ3) is 4.53. The second-order valence-corrected chi connectivity index (χ2v) is 7.50. The van der Waals surface area contributed by atoms with Gasteiger partial charge in [0.2, 0.25) is 0 Å². The smallest absolute Gasteiger partial charge is 0.312 e. The minimum Gasteiger partial charge on any atom is -0.497 e. The van der Waals surface area contributed by atoms with E-state index >= 15 is 0 Å². The van der Waals surface area contributed by atoms with Crippen molar-refractivity contribution in [3.05, 3.63) is 58.0 Å². The van der Waals surface area contributed by atoms with Crippen LogP contribution >= 0.6 is 0 Å². The number of ether oxygens (including phenoxy) is 2. The number of amides is 1. The zero-order chi connectivity index (χ0) is 21.7. The fraction of sp³-hybridized carbons (Fsp3) is 0.455. The molecule has 0 bridgehead atoms. The van der Waals surface area contributed by atoms with Gasteiger partial charge in [0.05, 0.1) is 19.1 Å². The summed E-state index contributed by atoms with van der Waals surface area (Å²) in [6.45, 7) is 2.94. The Balaban J connectivity index is 1.76. The van der Waals surface area contributed by atoms with Gasteiger partial charge in [0, 0.05) is 26.2 Å². The molecule has 1 aliphatic heterocycles. The molecule has 8 nitrogen and oxygen atoms in total. The first-order valence-electron chi connectivity index (χ1n) is 10.0. The fourth-order valence-corrected chi connectivity index (χ4v) is 3.79. The zero-order valence-corrected chi connectivity index (χ0v) is 17.6. The van der Waals surface area contributed by atoms with Crippen LogP contribution in [-0.2, 0) is 23.0 Å². The van der Waals surface area contributed by atoms with E-state index in [9.17, 15) is 14.4 Å². The van der Waals surface area contributed by atoms with Crippen molar-refractivity contribution in [3.63, 3.8) is 0 Å². The molecule has 30 heavy (non-hydrogen) atoms. The van der Waals surface area contributed by atoms with Crippen molar-refractivity contribution in [1.29, 1.82) is 0 Å². The number of aryl methyl sites for hydroxylation is 1. The Morgan fingerprint density at radius 1 is 1.10 bits per heavy atom. The Bertz CT molecular complexity index is 959. The Kier molecular flexibility index (Phi) is 6.54. The van der Waals surface area contributed by atoms with Crippen molar-refractivity contribution in [2.75, 3.05) is 26.8 Å². The molecular weight excluding hydrogens is 386 g/mol. The molecule has 0 unspecified atom stereocenters. The number of hydrogen-bond acceptors (Lipinski definition) is 6. The van der Waals surface area contributed by atoms with E-state index in [0.717, 1.165) is 16.0 Å². The second kappa shape index (κ2) is 9.11. The van der Waals surface area contributed by atoms with Gasteiger partial charge in [-0.25, -0.2) is 4.68 Å². The van der Waals surface area contributed by atoms with Crippen LogP contribution in [0, 0.1) is 5.41 Å². The minimum absolute atomic E-state index is 0.218. The lowest BCUT2D eigenvalue weighted by molar-refractivity contribution is -0.158. The van der Waals surface area contributed by atoms with Gasteiger partial charge in [0.15, 0.2) is 0 Å². The lowest BCUT2D eigenvalue weighted by Crippen LogP contribution is -2.48. The van der Waals surface area contributed by atoms with Gasteiger partial charge in [-0.05, 0) is 49.9 Å². The zero-order valence-electron chi connectivity index (χ0n) is 17.6. The highest BCUT2D eigenvalue weighted by Crippen LogP contribution is 2.37. The van der Waals surface area contributed by atoms with E-state index in [0.29, 0.717) is 39.0 Å². The fourth-order valence-electron chi connectivity index (χ4n) is 3.79. The van der Waals surface area contributed by atoms with Crippen LogP contribution in [0.25, 0.3) is 0 Å². The van der Waals surface area contributed by atoms with Crippen molar-refractivity contribution < 1.29 is 19.1 Å². The van der Waals surface area contributed by atoms with E-state index in [1.54, 1.807) is 18.9 Å². The van der Waals surface area contributed by atoms with Crippen LogP contribution in [-0.4, -0.2) is 53.4 Å². The first-order chi connectivity index (χ1) is 14.4. The highest BCUT2D eigenvalue weighted by Gasteiger charge is 2.43. The maximum absolute atomic E-state index is 12.9.